The molecule has 0 radical (unpaired) electrons. The summed E-state index contributed by atoms with van der Waals surface area (Å²) in [4.78, 5) is 0. The van der Waals surface area contributed by atoms with Crippen molar-refractivity contribution in [2.24, 2.45) is 35.0 Å². The summed E-state index contributed by atoms with van der Waals surface area (Å²) in [5, 5.41) is 9.49. The molecule has 0 aliphatic heterocycles. The number of hydrogen-bond acceptors (Lipinski definition) is 2. The fourth-order valence-electron chi connectivity index (χ4n) is 6.09. The number of ether oxygens (including phenoxy) is 1. The van der Waals surface area contributed by atoms with Crippen LogP contribution in [0.3, 0.4) is 0 Å². The average Bonchev–Trinajstić information content (AvgIpc) is 3.07. The molecule has 0 aromatic carbocycles. The van der Waals surface area contributed by atoms with E-state index >= 15 is 0 Å². The molecule has 5 atom stereocenters. The second kappa shape index (κ2) is 7.57. The molecule has 0 saturated heterocycles. The summed E-state index contributed by atoms with van der Waals surface area (Å²) in [6.45, 7) is 11.3. The summed E-state index contributed by atoms with van der Waals surface area (Å²) in [6.07, 6.45) is -10.3. The molecule has 2 bridgehead atoms. The number of hydrogen-bond donors (Lipinski definition) is 1. The highest BCUT2D eigenvalue weighted by molar-refractivity contribution is 5.04. The summed E-state index contributed by atoms with van der Waals surface area (Å²) in [5.74, 6) is 2.10. The van der Waals surface area contributed by atoms with Gasteiger partial charge in [0.2, 0.25) is 0 Å². The zero-order valence-electron chi connectivity index (χ0n) is 18.0. The predicted octanol–water partition coefficient (Wildman–Crippen LogP) is 6.37. The lowest BCUT2D eigenvalue weighted by molar-refractivity contribution is -0.378. The molecule has 2 aliphatic carbocycles. The molecule has 2 rings (SSSR count). The lowest BCUT2D eigenvalue weighted by Gasteiger charge is -2.43. The van der Waals surface area contributed by atoms with Crippen LogP contribution in [0, 0.1) is 35.0 Å². The molecule has 172 valence electrons. The van der Waals surface area contributed by atoms with E-state index in [4.69, 9.17) is 4.74 Å². The van der Waals surface area contributed by atoms with E-state index in [0.29, 0.717) is 23.7 Å². The van der Waals surface area contributed by atoms with E-state index in [0.717, 1.165) is 19.3 Å². The molecule has 8 heteroatoms. The highest BCUT2D eigenvalue weighted by atomic mass is 19.4. The molecule has 2 nitrogen and oxygen atoms in total. The minimum atomic E-state index is -5.83. The number of halogens is 6. The van der Waals surface area contributed by atoms with Gasteiger partial charge in [0, 0.05) is 6.42 Å². The fraction of sp³-hybridized carbons (Fsp3) is 1.00. The fourth-order valence-corrected chi connectivity index (χ4v) is 6.09. The first kappa shape index (κ1) is 24.8. The summed E-state index contributed by atoms with van der Waals surface area (Å²) < 4.78 is 83.7. The predicted molar refractivity (Wildman–Crippen MR) is 98.1 cm³/mol. The van der Waals surface area contributed by atoms with Crippen LogP contribution >= 0.6 is 0 Å². The van der Waals surface area contributed by atoms with E-state index in [2.05, 4.69) is 27.7 Å². The van der Waals surface area contributed by atoms with Crippen molar-refractivity contribution in [1.29, 1.82) is 0 Å². The summed E-state index contributed by atoms with van der Waals surface area (Å²) >= 11 is 0. The Labute approximate surface area is 169 Å². The highest BCUT2D eigenvalue weighted by Crippen LogP contribution is 2.61. The number of rotatable bonds is 6. The molecule has 0 aromatic rings. The largest absolute Gasteiger partial charge is 0.426 e. The van der Waals surface area contributed by atoms with Crippen LogP contribution in [0.25, 0.3) is 0 Å². The van der Waals surface area contributed by atoms with Gasteiger partial charge in [-0.1, -0.05) is 34.1 Å². The molecule has 29 heavy (non-hydrogen) atoms. The molecule has 5 unspecified atom stereocenters. The van der Waals surface area contributed by atoms with Crippen LogP contribution in [0.1, 0.15) is 67.2 Å². The van der Waals surface area contributed by atoms with Crippen molar-refractivity contribution in [3.05, 3.63) is 0 Å². The number of alkyl halides is 6. The van der Waals surface area contributed by atoms with Gasteiger partial charge in [0.05, 0.1) is 12.2 Å². The maximum Gasteiger partial charge on any atom is 0.426 e. The van der Waals surface area contributed by atoms with E-state index in [9.17, 15) is 31.4 Å². The van der Waals surface area contributed by atoms with E-state index in [1.165, 1.54) is 13.8 Å². The second-order valence-electron chi connectivity index (χ2n) is 10.7. The lowest BCUT2D eigenvalue weighted by atomic mass is 9.63. The summed E-state index contributed by atoms with van der Waals surface area (Å²) in [6, 6.07) is 0. The quantitative estimate of drug-likeness (QED) is 0.494. The minimum Gasteiger partial charge on any atom is -0.375 e. The van der Waals surface area contributed by atoms with Crippen LogP contribution in [0.15, 0.2) is 0 Å². The zero-order chi connectivity index (χ0) is 22.6. The van der Waals surface area contributed by atoms with E-state index in [1.54, 1.807) is 0 Å². The zero-order valence-corrected chi connectivity index (χ0v) is 18.0. The van der Waals surface area contributed by atoms with Gasteiger partial charge in [-0.2, -0.15) is 26.3 Å². The molecular weight excluding hydrogens is 398 g/mol. The first-order valence-corrected chi connectivity index (χ1v) is 10.3. The standard InChI is InChI=1S/C21H34F6O2/c1-7-14-15-9-12(16(14)17(2,3)4)8-13(15)10-29-18(5,6)11-19(28,20(22,23)24)21(25,26)27/h12-16,28H,7-11H2,1-6H3. The van der Waals surface area contributed by atoms with Crippen molar-refractivity contribution in [2.45, 2.75) is 90.8 Å². The highest BCUT2D eigenvalue weighted by Gasteiger charge is 2.71. The molecule has 2 aliphatic rings. The first-order valence-electron chi connectivity index (χ1n) is 10.3. The minimum absolute atomic E-state index is 0.118. The van der Waals surface area contributed by atoms with Crippen LogP contribution in [0.4, 0.5) is 26.3 Å². The van der Waals surface area contributed by atoms with Crippen LogP contribution in [-0.4, -0.2) is 35.3 Å². The maximum absolute atomic E-state index is 13.0. The van der Waals surface area contributed by atoms with Gasteiger partial charge < -0.3 is 9.84 Å². The molecule has 0 spiro atoms. The molecule has 1 N–H and O–H groups in total. The van der Waals surface area contributed by atoms with Crippen molar-refractivity contribution in [2.75, 3.05) is 6.61 Å². The van der Waals surface area contributed by atoms with Crippen molar-refractivity contribution < 1.29 is 36.2 Å². The summed E-state index contributed by atoms with van der Waals surface area (Å²) in [5.41, 5.74) is -6.39. The van der Waals surface area contributed by atoms with Gasteiger partial charge in [-0.15, -0.1) is 0 Å². The Morgan fingerprint density at radius 3 is 1.83 bits per heavy atom. The number of aliphatic hydroxyl groups is 1. The van der Waals surface area contributed by atoms with E-state index in [1.807, 2.05) is 0 Å². The Hall–Kier alpha value is -0.500. The first-order chi connectivity index (χ1) is 12.8. The Morgan fingerprint density at radius 2 is 1.41 bits per heavy atom. The maximum atomic E-state index is 13.0. The smallest absolute Gasteiger partial charge is 0.375 e. The van der Waals surface area contributed by atoms with Gasteiger partial charge >= 0.3 is 12.4 Å². The van der Waals surface area contributed by atoms with Gasteiger partial charge in [-0.05, 0) is 61.7 Å². The Balaban J connectivity index is 2.07. The van der Waals surface area contributed by atoms with Gasteiger partial charge in [0.15, 0.2) is 0 Å². The van der Waals surface area contributed by atoms with Gasteiger partial charge in [0.25, 0.3) is 5.60 Å². The molecule has 0 aromatic heterocycles. The Kier molecular flexibility index (Phi) is 6.47. The van der Waals surface area contributed by atoms with Crippen molar-refractivity contribution >= 4 is 0 Å². The average molecular weight is 432 g/mol. The topological polar surface area (TPSA) is 29.5 Å². The van der Waals surface area contributed by atoms with Crippen LogP contribution in [0.5, 0.6) is 0 Å². The van der Waals surface area contributed by atoms with Crippen molar-refractivity contribution in [3.63, 3.8) is 0 Å². The number of fused-ring (bicyclic) bond motifs is 2. The van der Waals surface area contributed by atoms with E-state index in [-0.39, 0.29) is 17.9 Å². The third kappa shape index (κ3) is 4.73. The summed E-state index contributed by atoms with van der Waals surface area (Å²) in [7, 11) is 0. The Bertz CT molecular complexity index is 561. The van der Waals surface area contributed by atoms with Crippen molar-refractivity contribution in [3.8, 4) is 0 Å². The Morgan fingerprint density at radius 1 is 0.897 bits per heavy atom. The van der Waals surface area contributed by atoms with Crippen LogP contribution < -0.4 is 0 Å². The normalized spacial score (nSPS) is 31.6. The van der Waals surface area contributed by atoms with Crippen LogP contribution in [0.2, 0.25) is 0 Å². The van der Waals surface area contributed by atoms with E-state index < -0.39 is 30.0 Å². The monoisotopic (exact) mass is 432 g/mol. The van der Waals surface area contributed by atoms with Gasteiger partial charge in [0.1, 0.15) is 0 Å². The third-order valence-corrected chi connectivity index (χ3v) is 7.08. The third-order valence-electron chi connectivity index (χ3n) is 7.08. The van der Waals surface area contributed by atoms with Crippen LogP contribution in [-0.2, 0) is 4.74 Å². The molecular formula is C21H34F6O2. The lowest BCUT2D eigenvalue weighted by Crippen LogP contribution is -2.60. The molecule has 0 amide bonds. The second-order valence-corrected chi connectivity index (χ2v) is 10.7. The van der Waals surface area contributed by atoms with Crippen molar-refractivity contribution in [1.82, 2.24) is 0 Å². The van der Waals surface area contributed by atoms with Gasteiger partial charge in [-0.3, -0.25) is 0 Å². The molecule has 2 saturated carbocycles. The van der Waals surface area contributed by atoms with Gasteiger partial charge in [-0.25, -0.2) is 0 Å². The molecule has 2 fully saturated rings. The molecule has 0 heterocycles. The SMILES string of the molecule is CCC1C2CC(CC2COC(C)(C)CC(O)(C(F)(F)F)C(F)(F)F)C1C(C)(C)C.